The summed E-state index contributed by atoms with van der Waals surface area (Å²) < 4.78 is 13.1. The molecule has 1 amide bonds. The van der Waals surface area contributed by atoms with Crippen molar-refractivity contribution in [3.63, 3.8) is 0 Å². The fourth-order valence-electron chi connectivity index (χ4n) is 2.92. The summed E-state index contributed by atoms with van der Waals surface area (Å²) in [6.45, 7) is 2.90. The second-order valence-corrected chi connectivity index (χ2v) is 6.42. The van der Waals surface area contributed by atoms with Gasteiger partial charge in [-0.15, -0.1) is 0 Å². The number of carbonyl (C=O) groups is 1. The van der Waals surface area contributed by atoms with Gasteiger partial charge in [0.1, 0.15) is 23.8 Å². The number of aromatic nitrogens is 2. The van der Waals surface area contributed by atoms with E-state index in [-0.39, 0.29) is 5.91 Å². The summed E-state index contributed by atoms with van der Waals surface area (Å²) in [7, 11) is 0. The van der Waals surface area contributed by atoms with Crippen molar-refractivity contribution in [3.8, 4) is 11.5 Å². The summed E-state index contributed by atoms with van der Waals surface area (Å²) in [6, 6.07) is 20.2. The molecule has 0 saturated heterocycles. The lowest BCUT2D eigenvalue weighted by atomic mass is 10.2. The third kappa shape index (κ3) is 4.55. The molecule has 6 nitrogen and oxygen atoms in total. The van der Waals surface area contributed by atoms with Gasteiger partial charge in [-0.1, -0.05) is 6.07 Å². The van der Waals surface area contributed by atoms with Crippen LogP contribution in [0.25, 0.3) is 5.65 Å². The van der Waals surface area contributed by atoms with E-state index in [1.165, 1.54) is 0 Å². The highest BCUT2D eigenvalue weighted by atomic mass is 16.5. The number of pyridine rings is 1. The highest BCUT2D eigenvalue weighted by molar-refractivity contribution is 6.04. The fourth-order valence-corrected chi connectivity index (χ4v) is 2.92. The van der Waals surface area contributed by atoms with Crippen LogP contribution in [-0.2, 0) is 6.61 Å². The minimum Gasteiger partial charge on any atom is -0.494 e. The minimum absolute atomic E-state index is 0.180. The fraction of sp³-hybridized carbons (Fsp3) is 0.130. The van der Waals surface area contributed by atoms with E-state index in [2.05, 4.69) is 10.3 Å². The van der Waals surface area contributed by atoms with Crippen LogP contribution in [0.1, 0.15) is 23.0 Å². The Kier molecular flexibility index (Phi) is 5.42. The summed E-state index contributed by atoms with van der Waals surface area (Å²) in [4.78, 5) is 16.9. The van der Waals surface area contributed by atoms with Gasteiger partial charge in [0.05, 0.1) is 12.3 Å². The van der Waals surface area contributed by atoms with Gasteiger partial charge in [-0.2, -0.15) is 0 Å². The maximum absolute atomic E-state index is 12.4. The molecule has 146 valence electrons. The number of hydrogen-bond donors (Lipinski definition) is 1. The van der Waals surface area contributed by atoms with Crippen molar-refractivity contribution in [2.24, 2.45) is 0 Å². The van der Waals surface area contributed by atoms with Crippen LogP contribution in [0.5, 0.6) is 11.5 Å². The maximum atomic E-state index is 12.4. The van der Waals surface area contributed by atoms with Crippen LogP contribution >= 0.6 is 0 Å². The van der Waals surface area contributed by atoms with Crippen molar-refractivity contribution in [1.82, 2.24) is 9.38 Å². The predicted molar refractivity (Wildman–Crippen MR) is 112 cm³/mol. The number of nitrogens with one attached hydrogen (secondary N) is 1. The highest BCUT2D eigenvalue weighted by Crippen LogP contribution is 2.18. The van der Waals surface area contributed by atoms with Crippen molar-refractivity contribution in [3.05, 3.63) is 90.4 Å². The lowest BCUT2D eigenvalue weighted by molar-refractivity contribution is 0.102. The van der Waals surface area contributed by atoms with E-state index < -0.39 is 0 Å². The molecule has 0 spiro atoms. The number of ether oxygens (including phenoxy) is 2. The van der Waals surface area contributed by atoms with Gasteiger partial charge in [-0.25, -0.2) is 4.98 Å². The molecule has 6 heteroatoms. The first-order valence-corrected chi connectivity index (χ1v) is 9.41. The van der Waals surface area contributed by atoms with Crippen molar-refractivity contribution >= 4 is 17.2 Å². The van der Waals surface area contributed by atoms with Gasteiger partial charge in [0, 0.05) is 23.6 Å². The highest BCUT2D eigenvalue weighted by Gasteiger charge is 2.07. The van der Waals surface area contributed by atoms with E-state index in [0.29, 0.717) is 30.2 Å². The molecule has 4 rings (SSSR count). The van der Waals surface area contributed by atoms with Crippen molar-refractivity contribution in [2.75, 3.05) is 11.9 Å². The van der Waals surface area contributed by atoms with Gasteiger partial charge >= 0.3 is 0 Å². The number of nitrogens with zero attached hydrogens (tertiary/aromatic N) is 2. The number of rotatable bonds is 7. The first-order chi connectivity index (χ1) is 14.2. The molecule has 0 bridgehead atoms. The second kappa shape index (κ2) is 8.48. The smallest absolute Gasteiger partial charge is 0.255 e. The molecule has 2 heterocycles. The Balaban J connectivity index is 1.34. The second-order valence-electron chi connectivity index (χ2n) is 6.42. The molecule has 0 atom stereocenters. The lowest BCUT2D eigenvalue weighted by Gasteiger charge is -2.08. The summed E-state index contributed by atoms with van der Waals surface area (Å²) >= 11 is 0. The van der Waals surface area contributed by atoms with E-state index in [9.17, 15) is 4.79 Å². The number of hydrogen-bond acceptors (Lipinski definition) is 4. The zero-order chi connectivity index (χ0) is 20.1. The van der Waals surface area contributed by atoms with Gasteiger partial charge in [0.2, 0.25) is 0 Å². The van der Waals surface area contributed by atoms with E-state index in [1.807, 2.05) is 66.2 Å². The van der Waals surface area contributed by atoms with Gasteiger partial charge in [0.25, 0.3) is 5.91 Å². The zero-order valence-corrected chi connectivity index (χ0v) is 16.0. The Morgan fingerprint density at radius 2 is 1.69 bits per heavy atom. The van der Waals surface area contributed by atoms with Crippen LogP contribution in [0.3, 0.4) is 0 Å². The molecule has 0 radical (unpaired) electrons. The van der Waals surface area contributed by atoms with Crippen LogP contribution in [0, 0.1) is 0 Å². The Bertz CT molecular complexity index is 1070. The Morgan fingerprint density at radius 3 is 2.41 bits per heavy atom. The van der Waals surface area contributed by atoms with Gasteiger partial charge < -0.3 is 19.2 Å². The minimum atomic E-state index is -0.180. The van der Waals surface area contributed by atoms with Gasteiger partial charge in [-0.3, -0.25) is 4.79 Å². The van der Waals surface area contributed by atoms with Crippen LogP contribution in [0.4, 0.5) is 5.69 Å². The van der Waals surface area contributed by atoms with Crippen LogP contribution in [0.15, 0.2) is 79.1 Å². The van der Waals surface area contributed by atoms with Gasteiger partial charge in [0.15, 0.2) is 0 Å². The van der Waals surface area contributed by atoms with E-state index in [4.69, 9.17) is 9.47 Å². The summed E-state index contributed by atoms with van der Waals surface area (Å²) in [5.74, 6) is 1.28. The monoisotopic (exact) mass is 387 g/mol. The SMILES string of the molecule is CCOc1ccc(NC(=O)c2ccc(OCc3cn4ccccc4n3)cc2)cc1. The third-order valence-electron chi connectivity index (χ3n) is 4.34. The Morgan fingerprint density at radius 1 is 0.966 bits per heavy atom. The number of imidazole rings is 1. The number of benzene rings is 2. The summed E-state index contributed by atoms with van der Waals surface area (Å²) in [5.41, 5.74) is 2.99. The molecule has 0 fully saturated rings. The van der Waals surface area contributed by atoms with E-state index in [0.717, 1.165) is 17.1 Å². The third-order valence-corrected chi connectivity index (χ3v) is 4.34. The molecular formula is C23H21N3O3. The molecular weight excluding hydrogens is 366 g/mol. The van der Waals surface area contributed by atoms with Gasteiger partial charge in [-0.05, 0) is 67.6 Å². The van der Waals surface area contributed by atoms with Crippen molar-refractivity contribution < 1.29 is 14.3 Å². The number of amides is 1. The largest absolute Gasteiger partial charge is 0.494 e. The molecule has 2 aromatic heterocycles. The number of fused-ring (bicyclic) bond motifs is 1. The van der Waals surface area contributed by atoms with E-state index >= 15 is 0 Å². The molecule has 2 aromatic carbocycles. The first-order valence-electron chi connectivity index (χ1n) is 9.41. The zero-order valence-electron chi connectivity index (χ0n) is 16.0. The molecule has 0 aliphatic carbocycles. The Hall–Kier alpha value is -3.80. The van der Waals surface area contributed by atoms with Crippen LogP contribution in [0.2, 0.25) is 0 Å². The van der Waals surface area contributed by atoms with Crippen LogP contribution in [-0.4, -0.2) is 21.9 Å². The molecule has 4 aromatic rings. The number of carbonyl (C=O) groups excluding carboxylic acids is 1. The maximum Gasteiger partial charge on any atom is 0.255 e. The standard InChI is InChI=1S/C23H21N3O3/c1-2-28-20-12-8-18(9-13-20)25-23(27)17-6-10-21(11-7-17)29-16-19-15-26-14-4-3-5-22(26)24-19/h3-15H,2,16H2,1H3,(H,25,27). The molecule has 0 unspecified atom stereocenters. The molecule has 0 aliphatic heterocycles. The summed E-state index contributed by atoms with van der Waals surface area (Å²) in [5, 5.41) is 2.87. The lowest BCUT2D eigenvalue weighted by Crippen LogP contribution is -2.11. The molecule has 1 N–H and O–H groups in total. The average Bonchev–Trinajstić information content (AvgIpc) is 3.17. The Labute approximate surface area is 168 Å². The summed E-state index contributed by atoms with van der Waals surface area (Å²) in [6.07, 6.45) is 3.89. The van der Waals surface area contributed by atoms with Crippen LogP contribution < -0.4 is 14.8 Å². The normalized spacial score (nSPS) is 10.7. The van der Waals surface area contributed by atoms with E-state index in [1.54, 1.807) is 24.3 Å². The topological polar surface area (TPSA) is 64.9 Å². The van der Waals surface area contributed by atoms with Crippen molar-refractivity contribution in [2.45, 2.75) is 13.5 Å². The van der Waals surface area contributed by atoms with Crippen molar-refractivity contribution in [1.29, 1.82) is 0 Å². The number of anilines is 1. The predicted octanol–water partition coefficient (Wildman–Crippen LogP) is 4.56. The average molecular weight is 387 g/mol. The molecule has 29 heavy (non-hydrogen) atoms. The first kappa shape index (κ1) is 18.6. The molecule has 0 aliphatic rings. The quantitative estimate of drug-likeness (QED) is 0.505. The molecule has 0 saturated carbocycles.